The van der Waals surface area contributed by atoms with Crippen LogP contribution in [0.2, 0.25) is 0 Å². The Morgan fingerprint density at radius 2 is 1.85 bits per heavy atom. The lowest BCUT2D eigenvalue weighted by molar-refractivity contribution is 0.581. The number of nitrogens with zero attached hydrogens (tertiary/aromatic N) is 1. The van der Waals surface area contributed by atoms with E-state index in [0.29, 0.717) is 11.4 Å². The van der Waals surface area contributed by atoms with Crippen LogP contribution < -0.4 is 16.0 Å². The van der Waals surface area contributed by atoms with Crippen molar-refractivity contribution in [3.05, 3.63) is 54.0 Å². The molecule has 6 nitrogen and oxygen atoms in total. The zero-order chi connectivity index (χ0) is 14.6. The first-order valence-electron chi connectivity index (χ1n) is 5.68. The second kappa shape index (κ2) is 5.95. The van der Waals surface area contributed by atoms with Gasteiger partial charge in [-0.05, 0) is 29.8 Å². The van der Waals surface area contributed by atoms with Gasteiger partial charge in [0.05, 0.1) is 0 Å². The van der Waals surface area contributed by atoms with E-state index < -0.39 is 10.0 Å². The van der Waals surface area contributed by atoms with Crippen LogP contribution in [0.25, 0.3) is 0 Å². The van der Waals surface area contributed by atoms with Crippen LogP contribution in [0.15, 0.2) is 47.5 Å². The first kappa shape index (κ1) is 14.4. The third-order valence-electron chi connectivity index (χ3n) is 2.57. The molecule has 0 saturated heterocycles. The summed E-state index contributed by atoms with van der Waals surface area (Å²) < 4.78 is 39.1. The Bertz CT molecular complexity index is 672. The minimum absolute atomic E-state index is 0.0265. The van der Waals surface area contributed by atoms with Gasteiger partial charge in [-0.1, -0.05) is 12.1 Å². The Labute approximate surface area is 115 Å². The van der Waals surface area contributed by atoms with Crippen molar-refractivity contribution < 1.29 is 12.8 Å². The summed E-state index contributed by atoms with van der Waals surface area (Å²) in [5.74, 6) is 5.14. The molecule has 0 fully saturated rings. The van der Waals surface area contributed by atoms with Crippen molar-refractivity contribution in [1.82, 2.24) is 9.71 Å². The van der Waals surface area contributed by atoms with Gasteiger partial charge in [-0.2, -0.15) is 0 Å². The molecular weight excluding hydrogens is 283 g/mol. The molecule has 0 spiro atoms. The van der Waals surface area contributed by atoms with Gasteiger partial charge in [0.2, 0.25) is 10.0 Å². The van der Waals surface area contributed by atoms with Gasteiger partial charge in [-0.3, -0.25) is 0 Å². The Balaban J connectivity index is 2.08. The molecule has 20 heavy (non-hydrogen) atoms. The van der Waals surface area contributed by atoms with Crippen molar-refractivity contribution in [2.24, 2.45) is 5.84 Å². The standard InChI is InChI=1S/C12H13FN4O2S/c13-10-3-1-9(2-4-10)7-16-20(18,19)11-5-6-12(17-14)15-8-11/h1-6,8,16H,7,14H2,(H,15,17). The largest absolute Gasteiger partial charge is 0.308 e. The number of hydrazine groups is 1. The van der Waals surface area contributed by atoms with Gasteiger partial charge in [0, 0.05) is 12.7 Å². The van der Waals surface area contributed by atoms with E-state index >= 15 is 0 Å². The maximum atomic E-state index is 12.7. The van der Waals surface area contributed by atoms with Crippen molar-refractivity contribution in [3.8, 4) is 0 Å². The summed E-state index contributed by atoms with van der Waals surface area (Å²) in [6, 6.07) is 8.40. The van der Waals surface area contributed by atoms with Gasteiger partial charge in [-0.25, -0.2) is 28.4 Å². The fourth-order valence-corrected chi connectivity index (χ4v) is 2.45. The number of benzene rings is 1. The lowest BCUT2D eigenvalue weighted by Gasteiger charge is -2.07. The lowest BCUT2D eigenvalue weighted by Crippen LogP contribution is -2.23. The first-order chi connectivity index (χ1) is 9.51. The van der Waals surface area contributed by atoms with Crippen LogP contribution in [0.5, 0.6) is 0 Å². The summed E-state index contributed by atoms with van der Waals surface area (Å²) in [5, 5.41) is 0. The van der Waals surface area contributed by atoms with Crippen LogP contribution in [-0.4, -0.2) is 13.4 Å². The van der Waals surface area contributed by atoms with Crippen LogP contribution in [0.3, 0.4) is 0 Å². The molecule has 4 N–H and O–H groups in total. The number of anilines is 1. The number of nitrogen functional groups attached to an aromatic ring is 1. The van der Waals surface area contributed by atoms with E-state index in [4.69, 9.17) is 5.84 Å². The maximum absolute atomic E-state index is 12.7. The van der Waals surface area contributed by atoms with E-state index in [9.17, 15) is 12.8 Å². The molecule has 8 heteroatoms. The minimum Gasteiger partial charge on any atom is -0.308 e. The second-order valence-corrected chi connectivity index (χ2v) is 5.74. The second-order valence-electron chi connectivity index (χ2n) is 3.97. The maximum Gasteiger partial charge on any atom is 0.242 e. The molecule has 0 atom stereocenters. The fourth-order valence-electron chi connectivity index (χ4n) is 1.49. The number of rotatable bonds is 5. The van der Waals surface area contributed by atoms with E-state index in [-0.39, 0.29) is 17.3 Å². The van der Waals surface area contributed by atoms with Crippen molar-refractivity contribution in [3.63, 3.8) is 0 Å². The fraction of sp³-hybridized carbons (Fsp3) is 0.0833. The highest BCUT2D eigenvalue weighted by Crippen LogP contribution is 2.11. The van der Waals surface area contributed by atoms with E-state index in [1.807, 2.05) is 0 Å². The Kier molecular flexibility index (Phi) is 4.28. The number of aromatic nitrogens is 1. The van der Waals surface area contributed by atoms with Crippen LogP contribution in [0, 0.1) is 5.82 Å². The molecule has 0 aliphatic carbocycles. The van der Waals surface area contributed by atoms with E-state index in [2.05, 4.69) is 15.1 Å². The highest BCUT2D eigenvalue weighted by Gasteiger charge is 2.14. The van der Waals surface area contributed by atoms with Gasteiger partial charge < -0.3 is 5.43 Å². The van der Waals surface area contributed by atoms with E-state index in [0.717, 1.165) is 0 Å². The van der Waals surface area contributed by atoms with Gasteiger partial charge in [0.15, 0.2) is 0 Å². The predicted molar refractivity (Wildman–Crippen MR) is 72.5 cm³/mol. The molecule has 0 aliphatic rings. The Morgan fingerprint density at radius 1 is 1.15 bits per heavy atom. The van der Waals surface area contributed by atoms with Crippen LogP contribution in [0.1, 0.15) is 5.56 Å². The van der Waals surface area contributed by atoms with E-state index in [1.165, 1.54) is 42.6 Å². The van der Waals surface area contributed by atoms with Crippen LogP contribution in [0.4, 0.5) is 10.2 Å². The van der Waals surface area contributed by atoms with Crippen molar-refractivity contribution in [2.75, 3.05) is 5.43 Å². The molecule has 1 aromatic carbocycles. The van der Waals surface area contributed by atoms with Gasteiger partial charge in [-0.15, -0.1) is 0 Å². The van der Waals surface area contributed by atoms with Crippen molar-refractivity contribution in [2.45, 2.75) is 11.4 Å². The SMILES string of the molecule is NNc1ccc(S(=O)(=O)NCc2ccc(F)cc2)cn1. The number of pyridine rings is 1. The van der Waals surface area contributed by atoms with Crippen LogP contribution in [-0.2, 0) is 16.6 Å². The Hall–Kier alpha value is -2.03. The topological polar surface area (TPSA) is 97.1 Å². The molecule has 0 amide bonds. The molecule has 0 saturated carbocycles. The molecule has 1 heterocycles. The summed E-state index contributed by atoms with van der Waals surface area (Å²) in [7, 11) is -3.67. The smallest absolute Gasteiger partial charge is 0.242 e. The third-order valence-corrected chi connectivity index (χ3v) is 3.96. The molecule has 2 aromatic rings. The van der Waals surface area contributed by atoms with Crippen molar-refractivity contribution >= 4 is 15.8 Å². The zero-order valence-corrected chi connectivity index (χ0v) is 11.2. The summed E-state index contributed by atoms with van der Waals surface area (Å²) in [5.41, 5.74) is 2.96. The number of halogens is 1. The van der Waals surface area contributed by atoms with Crippen LogP contribution >= 0.6 is 0 Å². The van der Waals surface area contributed by atoms with Gasteiger partial charge >= 0.3 is 0 Å². The molecule has 0 radical (unpaired) electrons. The van der Waals surface area contributed by atoms with Gasteiger partial charge in [0.1, 0.15) is 16.5 Å². The molecule has 0 bridgehead atoms. The number of hydrogen-bond acceptors (Lipinski definition) is 5. The molecular formula is C12H13FN4O2S. The molecule has 0 unspecified atom stereocenters. The number of sulfonamides is 1. The molecule has 106 valence electrons. The summed E-state index contributed by atoms with van der Waals surface area (Å²) in [6.07, 6.45) is 1.20. The third kappa shape index (κ3) is 3.50. The Morgan fingerprint density at radius 3 is 2.40 bits per heavy atom. The molecule has 0 aliphatic heterocycles. The van der Waals surface area contributed by atoms with E-state index in [1.54, 1.807) is 0 Å². The minimum atomic E-state index is -3.67. The highest BCUT2D eigenvalue weighted by atomic mass is 32.2. The summed E-state index contributed by atoms with van der Waals surface area (Å²) >= 11 is 0. The van der Waals surface area contributed by atoms with Crippen molar-refractivity contribution in [1.29, 1.82) is 0 Å². The average molecular weight is 296 g/mol. The first-order valence-corrected chi connectivity index (χ1v) is 7.16. The average Bonchev–Trinajstić information content (AvgIpc) is 2.47. The number of nitrogens with two attached hydrogens (primary N) is 1. The number of nitrogens with one attached hydrogen (secondary N) is 2. The predicted octanol–water partition coefficient (Wildman–Crippen LogP) is 0.985. The monoisotopic (exact) mass is 296 g/mol. The summed E-state index contributed by atoms with van der Waals surface area (Å²) in [4.78, 5) is 3.85. The molecule has 2 rings (SSSR count). The van der Waals surface area contributed by atoms with Gasteiger partial charge in [0.25, 0.3) is 0 Å². The lowest BCUT2D eigenvalue weighted by atomic mass is 10.2. The highest BCUT2D eigenvalue weighted by molar-refractivity contribution is 7.89. The quantitative estimate of drug-likeness (QED) is 0.564. The number of hydrogen-bond donors (Lipinski definition) is 3. The normalized spacial score (nSPS) is 11.3. The molecule has 1 aromatic heterocycles. The summed E-state index contributed by atoms with van der Waals surface area (Å²) in [6.45, 7) is 0.0690. The zero-order valence-electron chi connectivity index (χ0n) is 10.4.